The highest BCUT2D eigenvalue weighted by atomic mass is 32.2. The molecule has 0 aliphatic carbocycles. The molecule has 0 bridgehead atoms. The Morgan fingerprint density at radius 3 is 2.24 bits per heavy atom. The third-order valence-electron chi connectivity index (χ3n) is 9.60. The molecule has 0 spiro atoms. The predicted molar refractivity (Wildman–Crippen MR) is 203 cm³/mol. The Morgan fingerprint density at radius 1 is 0.652 bits per heavy atom. The molecule has 2 aliphatic rings. The number of aryl methyl sites for hydroxylation is 2. The van der Waals surface area contributed by atoms with Crippen molar-refractivity contribution >= 4 is 92.6 Å². The largest absolute Gasteiger partial charge is 0.326 e. The van der Waals surface area contributed by atoms with Crippen molar-refractivity contribution in [1.29, 1.82) is 0 Å². The minimum Gasteiger partial charge on any atom is -0.326 e. The molecule has 0 fully saturated rings. The molecule has 6 aromatic carbocycles. The van der Waals surface area contributed by atoms with Crippen LogP contribution in [0.25, 0.3) is 52.8 Å². The van der Waals surface area contributed by atoms with E-state index < -0.39 is 0 Å². The van der Waals surface area contributed by atoms with Crippen molar-refractivity contribution in [2.45, 2.75) is 25.3 Å². The smallest absolute Gasteiger partial charge is 0.113 e. The van der Waals surface area contributed by atoms with Crippen LogP contribution in [0.2, 0.25) is 0 Å². The molecule has 2 atom stereocenters. The van der Waals surface area contributed by atoms with Crippen molar-refractivity contribution in [3.63, 3.8) is 0 Å². The molecule has 0 amide bonds. The standard InChI is InChI=1S/C41H28N2S3/c1-23-22-44-39-33-19-24(2)45-38(33)31-17-14-27(21-32(31)35(23)39)26-13-16-30-28(20-26)15-18-34-36(30)37-41(43(34)29-11-7-4-8-12-29)46-40(42-37)25-9-5-3-6-10-25/h3-22,37,41H,1-2H3. The maximum atomic E-state index is 5.40. The Labute approximate surface area is 279 Å². The van der Waals surface area contributed by atoms with Gasteiger partial charge in [0, 0.05) is 52.9 Å². The second kappa shape index (κ2) is 10.0. The average molecular weight is 645 g/mol. The Bertz CT molecular complexity index is 2540. The van der Waals surface area contributed by atoms with E-state index in [1.165, 1.54) is 85.8 Å². The summed E-state index contributed by atoms with van der Waals surface area (Å²) in [6.07, 6.45) is 0. The number of anilines is 2. The fourth-order valence-electron chi connectivity index (χ4n) is 7.57. The molecule has 2 aliphatic heterocycles. The van der Waals surface area contributed by atoms with Crippen LogP contribution in [0, 0.1) is 13.8 Å². The third-order valence-corrected chi connectivity index (χ3v) is 13.1. The van der Waals surface area contributed by atoms with E-state index >= 15 is 0 Å². The molecule has 2 nitrogen and oxygen atoms in total. The van der Waals surface area contributed by atoms with Gasteiger partial charge in [-0.2, -0.15) is 0 Å². The van der Waals surface area contributed by atoms with Crippen LogP contribution in [-0.2, 0) is 0 Å². The number of fused-ring (bicyclic) bond motifs is 11. The number of rotatable bonds is 3. The lowest BCUT2D eigenvalue weighted by atomic mass is 9.93. The first-order chi connectivity index (χ1) is 22.6. The third kappa shape index (κ3) is 3.86. The number of nitrogens with zero attached hydrogens (tertiary/aromatic N) is 2. The van der Waals surface area contributed by atoms with Gasteiger partial charge in [0.05, 0.1) is 0 Å². The number of benzene rings is 6. The zero-order chi connectivity index (χ0) is 30.5. The summed E-state index contributed by atoms with van der Waals surface area (Å²) in [6.45, 7) is 4.48. The first-order valence-corrected chi connectivity index (χ1v) is 18.2. The van der Waals surface area contributed by atoms with Crippen molar-refractivity contribution in [2.24, 2.45) is 4.99 Å². The van der Waals surface area contributed by atoms with Crippen LogP contribution in [0.5, 0.6) is 0 Å². The van der Waals surface area contributed by atoms with Crippen LogP contribution in [-0.4, -0.2) is 10.4 Å². The summed E-state index contributed by atoms with van der Waals surface area (Å²) < 4.78 is 2.82. The highest BCUT2D eigenvalue weighted by Crippen LogP contribution is 2.56. The van der Waals surface area contributed by atoms with E-state index in [0.29, 0.717) is 0 Å². The molecule has 0 saturated carbocycles. The van der Waals surface area contributed by atoms with E-state index in [4.69, 9.17) is 4.99 Å². The Hall–Kier alpha value is -4.42. The lowest BCUT2D eigenvalue weighted by Crippen LogP contribution is -2.24. The molecule has 220 valence electrons. The zero-order valence-corrected chi connectivity index (χ0v) is 27.8. The van der Waals surface area contributed by atoms with Crippen molar-refractivity contribution in [3.8, 4) is 11.1 Å². The zero-order valence-electron chi connectivity index (χ0n) is 25.3. The SMILES string of the molecule is Cc1cc2c(s1)c1ccc(-c3ccc4c5c(ccc4c3)N(c3ccccc3)C3SC(c4ccccc4)=NC53)cc1c1c(C)csc21. The van der Waals surface area contributed by atoms with Crippen molar-refractivity contribution in [2.75, 3.05) is 4.90 Å². The van der Waals surface area contributed by atoms with Crippen LogP contribution in [0.15, 0.2) is 126 Å². The van der Waals surface area contributed by atoms with E-state index in [1.807, 2.05) is 34.4 Å². The molecule has 0 radical (unpaired) electrons. The van der Waals surface area contributed by atoms with E-state index in [-0.39, 0.29) is 11.4 Å². The maximum absolute atomic E-state index is 5.40. The molecular formula is C41H28N2S3. The number of thioether (sulfide) groups is 1. The first-order valence-electron chi connectivity index (χ1n) is 15.7. The Kier molecular flexibility index (Phi) is 5.84. The van der Waals surface area contributed by atoms with Gasteiger partial charge in [-0.05, 0) is 88.5 Å². The highest BCUT2D eigenvalue weighted by Gasteiger charge is 2.45. The fraction of sp³-hybridized carbons (Fsp3) is 0.0976. The molecule has 0 N–H and O–H groups in total. The van der Waals surface area contributed by atoms with Gasteiger partial charge in [-0.3, -0.25) is 4.99 Å². The van der Waals surface area contributed by atoms with Gasteiger partial charge < -0.3 is 4.90 Å². The van der Waals surface area contributed by atoms with Gasteiger partial charge in [0.15, 0.2) is 0 Å². The van der Waals surface area contributed by atoms with Gasteiger partial charge in [-0.25, -0.2) is 0 Å². The summed E-state index contributed by atoms with van der Waals surface area (Å²) in [4.78, 5) is 9.27. The first kappa shape index (κ1) is 26.8. The molecule has 8 aromatic rings. The number of thiophene rings is 2. The minimum atomic E-state index is 0.0668. The van der Waals surface area contributed by atoms with Gasteiger partial charge in [-0.1, -0.05) is 90.6 Å². The van der Waals surface area contributed by atoms with Crippen molar-refractivity contribution in [1.82, 2.24) is 0 Å². The molecule has 46 heavy (non-hydrogen) atoms. The quantitative estimate of drug-likeness (QED) is 0.190. The van der Waals surface area contributed by atoms with Gasteiger partial charge in [-0.15, -0.1) is 22.7 Å². The Balaban J connectivity index is 1.14. The van der Waals surface area contributed by atoms with Crippen LogP contribution in [0.3, 0.4) is 0 Å². The summed E-state index contributed by atoms with van der Waals surface area (Å²) in [5.74, 6) is 0. The van der Waals surface area contributed by atoms with Crippen LogP contribution in [0.4, 0.5) is 11.4 Å². The lowest BCUT2D eigenvalue weighted by Gasteiger charge is -2.26. The summed E-state index contributed by atoms with van der Waals surface area (Å²) >= 11 is 5.68. The molecule has 10 rings (SSSR count). The highest BCUT2D eigenvalue weighted by molar-refractivity contribution is 8.15. The minimum absolute atomic E-state index is 0.0668. The summed E-state index contributed by atoms with van der Waals surface area (Å²) in [6, 6.07) is 42.6. The van der Waals surface area contributed by atoms with E-state index in [9.17, 15) is 0 Å². The van der Waals surface area contributed by atoms with Gasteiger partial charge in [0.25, 0.3) is 0 Å². The average Bonchev–Trinajstić information content (AvgIpc) is 3.87. The van der Waals surface area contributed by atoms with Crippen LogP contribution < -0.4 is 4.90 Å². The van der Waals surface area contributed by atoms with Gasteiger partial charge in [0.1, 0.15) is 16.5 Å². The second-order valence-corrected chi connectivity index (χ2v) is 15.6. The molecule has 2 aromatic heterocycles. The lowest BCUT2D eigenvalue weighted by molar-refractivity contribution is 0.752. The molecule has 2 unspecified atom stereocenters. The van der Waals surface area contributed by atoms with Crippen LogP contribution in [0.1, 0.15) is 27.6 Å². The normalized spacial score (nSPS) is 17.3. The molecule has 0 saturated heterocycles. The fourth-order valence-corrected chi connectivity index (χ4v) is 11.1. The molecule has 5 heteroatoms. The van der Waals surface area contributed by atoms with E-state index in [2.05, 4.69) is 139 Å². The van der Waals surface area contributed by atoms with Crippen LogP contribution >= 0.6 is 34.4 Å². The van der Waals surface area contributed by atoms with Gasteiger partial charge in [0.2, 0.25) is 0 Å². The summed E-state index contributed by atoms with van der Waals surface area (Å²) in [7, 11) is 0. The number of hydrogen-bond acceptors (Lipinski definition) is 5. The number of para-hydroxylation sites is 1. The summed E-state index contributed by atoms with van der Waals surface area (Å²) in [5, 5.41) is 11.7. The van der Waals surface area contributed by atoms with E-state index in [0.717, 1.165) is 5.04 Å². The van der Waals surface area contributed by atoms with Crippen molar-refractivity contribution in [3.05, 3.63) is 142 Å². The predicted octanol–water partition coefficient (Wildman–Crippen LogP) is 12.4. The summed E-state index contributed by atoms with van der Waals surface area (Å²) in [5.41, 5.74) is 8.89. The topological polar surface area (TPSA) is 15.6 Å². The van der Waals surface area contributed by atoms with Gasteiger partial charge >= 0.3 is 0 Å². The monoisotopic (exact) mass is 644 g/mol. The Morgan fingerprint density at radius 2 is 1.41 bits per heavy atom. The maximum Gasteiger partial charge on any atom is 0.113 e. The molecule has 4 heterocycles. The van der Waals surface area contributed by atoms with E-state index in [1.54, 1.807) is 0 Å². The van der Waals surface area contributed by atoms with Crippen molar-refractivity contribution < 1.29 is 0 Å². The second-order valence-electron chi connectivity index (χ2n) is 12.4. The number of aliphatic imine (C=N–C) groups is 1. The molecular weight excluding hydrogens is 617 g/mol. The number of hydrogen-bond donors (Lipinski definition) is 0.